The monoisotopic (exact) mass is 322 g/mol. The van der Waals surface area contributed by atoms with Gasteiger partial charge in [-0.2, -0.15) is 0 Å². The van der Waals surface area contributed by atoms with Gasteiger partial charge in [-0.3, -0.25) is 4.72 Å². The molecule has 0 spiro atoms. The third-order valence-electron chi connectivity index (χ3n) is 3.69. The maximum Gasteiger partial charge on any atom is 0.263 e. The van der Waals surface area contributed by atoms with E-state index in [9.17, 15) is 8.42 Å². The molecule has 1 aliphatic rings. The molecule has 6 nitrogen and oxygen atoms in total. The maximum absolute atomic E-state index is 12.2. The Morgan fingerprint density at radius 1 is 1.32 bits per heavy atom. The van der Waals surface area contributed by atoms with E-state index in [4.69, 9.17) is 9.26 Å². The van der Waals surface area contributed by atoms with Crippen LogP contribution in [0.5, 0.6) is 5.75 Å². The van der Waals surface area contributed by atoms with E-state index in [0.29, 0.717) is 18.1 Å². The number of rotatable bonds is 6. The van der Waals surface area contributed by atoms with E-state index in [-0.39, 0.29) is 16.1 Å². The highest BCUT2D eigenvalue weighted by Crippen LogP contribution is 2.45. The molecule has 1 fully saturated rings. The first-order valence-corrected chi connectivity index (χ1v) is 8.54. The molecule has 0 radical (unpaired) electrons. The van der Waals surface area contributed by atoms with Gasteiger partial charge in [0.1, 0.15) is 11.5 Å². The number of nitrogens with one attached hydrogen (secondary N) is 1. The number of aryl methyl sites for hydroxylation is 1. The zero-order valence-corrected chi connectivity index (χ0v) is 13.3. The molecule has 0 bridgehead atoms. The van der Waals surface area contributed by atoms with Gasteiger partial charge in [-0.25, -0.2) is 8.42 Å². The van der Waals surface area contributed by atoms with Gasteiger partial charge in [0.15, 0.2) is 5.82 Å². The number of anilines is 1. The molecule has 1 aliphatic carbocycles. The summed E-state index contributed by atoms with van der Waals surface area (Å²) in [5.74, 6) is 1.37. The fourth-order valence-corrected chi connectivity index (χ4v) is 2.93. The molecular formula is C15H18N2O4S. The summed E-state index contributed by atoms with van der Waals surface area (Å²) >= 11 is 0. The standard InChI is InChI=1S/C15H18N2O4S/c1-11-9-14(16-21-11)17-22(18,19)13-5-3-12(4-6-13)20-10-15(2)7-8-15/h3-6,9H,7-8,10H2,1-2H3,(H,16,17). The van der Waals surface area contributed by atoms with Crippen LogP contribution < -0.4 is 9.46 Å². The average molecular weight is 322 g/mol. The van der Waals surface area contributed by atoms with Crippen molar-refractivity contribution in [3.63, 3.8) is 0 Å². The third kappa shape index (κ3) is 3.41. The number of sulfonamides is 1. The van der Waals surface area contributed by atoms with Crippen LogP contribution in [0, 0.1) is 12.3 Å². The first kappa shape index (κ1) is 14.9. The number of hydrogen-bond acceptors (Lipinski definition) is 5. The van der Waals surface area contributed by atoms with Gasteiger partial charge in [-0.1, -0.05) is 12.1 Å². The molecular weight excluding hydrogens is 304 g/mol. The molecule has 0 saturated heterocycles. The van der Waals surface area contributed by atoms with Crippen LogP contribution in [0.2, 0.25) is 0 Å². The van der Waals surface area contributed by atoms with Gasteiger partial charge in [-0.05, 0) is 44.0 Å². The molecule has 118 valence electrons. The predicted molar refractivity (Wildman–Crippen MR) is 81.3 cm³/mol. The first-order valence-electron chi connectivity index (χ1n) is 7.05. The summed E-state index contributed by atoms with van der Waals surface area (Å²) in [5, 5.41) is 3.62. The van der Waals surface area contributed by atoms with Crippen LogP contribution in [0.1, 0.15) is 25.5 Å². The first-order chi connectivity index (χ1) is 10.4. The van der Waals surface area contributed by atoms with Crippen molar-refractivity contribution in [1.82, 2.24) is 5.16 Å². The van der Waals surface area contributed by atoms with Crippen molar-refractivity contribution in [2.75, 3.05) is 11.3 Å². The van der Waals surface area contributed by atoms with E-state index < -0.39 is 10.0 Å². The van der Waals surface area contributed by atoms with Gasteiger partial charge < -0.3 is 9.26 Å². The summed E-state index contributed by atoms with van der Waals surface area (Å²) in [6, 6.07) is 7.87. The fourth-order valence-electron chi connectivity index (χ4n) is 1.94. The van der Waals surface area contributed by atoms with E-state index >= 15 is 0 Å². The summed E-state index contributed by atoms with van der Waals surface area (Å²) in [6.07, 6.45) is 2.36. The van der Waals surface area contributed by atoms with Crippen LogP contribution in [0.25, 0.3) is 0 Å². The highest BCUT2D eigenvalue weighted by molar-refractivity contribution is 7.92. The number of nitrogens with zero attached hydrogens (tertiary/aromatic N) is 1. The highest BCUT2D eigenvalue weighted by Gasteiger charge is 2.38. The average Bonchev–Trinajstić information content (AvgIpc) is 3.08. The van der Waals surface area contributed by atoms with Crippen molar-refractivity contribution in [2.45, 2.75) is 31.6 Å². The Morgan fingerprint density at radius 2 is 2.00 bits per heavy atom. The quantitative estimate of drug-likeness (QED) is 0.884. The van der Waals surface area contributed by atoms with E-state index in [0.717, 1.165) is 0 Å². The summed E-state index contributed by atoms with van der Waals surface area (Å²) in [6.45, 7) is 4.53. The van der Waals surface area contributed by atoms with E-state index in [1.807, 2.05) is 0 Å². The van der Waals surface area contributed by atoms with Gasteiger partial charge in [0.05, 0.1) is 11.5 Å². The molecule has 22 heavy (non-hydrogen) atoms. The van der Waals surface area contributed by atoms with Crippen LogP contribution in [-0.2, 0) is 10.0 Å². The van der Waals surface area contributed by atoms with Crippen LogP contribution in [-0.4, -0.2) is 20.2 Å². The van der Waals surface area contributed by atoms with Crippen molar-refractivity contribution in [1.29, 1.82) is 0 Å². The molecule has 2 aromatic rings. The van der Waals surface area contributed by atoms with E-state index in [1.165, 1.54) is 31.0 Å². The number of ether oxygens (including phenoxy) is 1. The van der Waals surface area contributed by atoms with Crippen molar-refractivity contribution in [2.24, 2.45) is 5.41 Å². The Morgan fingerprint density at radius 3 is 2.55 bits per heavy atom. The summed E-state index contributed by atoms with van der Waals surface area (Å²) in [4.78, 5) is 0.151. The van der Waals surface area contributed by atoms with Crippen molar-refractivity contribution < 1.29 is 17.7 Å². The fraction of sp³-hybridized carbons (Fsp3) is 0.400. The summed E-state index contributed by atoms with van der Waals surface area (Å²) < 4.78 is 37.3. The molecule has 0 aliphatic heterocycles. The lowest BCUT2D eigenvalue weighted by Crippen LogP contribution is -2.13. The normalized spacial score (nSPS) is 16.3. The van der Waals surface area contributed by atoms with Crippen molar-refractivity contribution >= 4 is 15.8 Å². The van der Waals surface area contributed by atoms with Gasteiger partial charge >= 0.3 is 0 Å². The lowest BCUT2D eigenvalue weighted by molar-refractivity contribution is 0.247. The number of hydrogen-bond donors (Lipinski definition) is 1. The van der Waals surface area contributed by atoms with Gasteiger partial charge in [-0.15, -0.1) is 0 Å². The highest BCUT2D eigenvalue weighted by atomic mass is 32.2. The second-order valence-corrected chi connectivity index (χ2v) is 7.68. The van der Waals surface area contributed by atoms with Gasteiger partial charge in [0, 0.05) is 11.5 Å². The second-order valence-electron chi connectivity index (χ2n) is 6.00. The molecule has 1 N–H and O–H groups in total. The zero-order valence-electron chi connectivity index (χ0n) is 12.5. The van der Waals surface area contributed by atoms with Gasteiger partial charge in [0.2, 0.25) is 0 Å². The van der Waals surface area contributed by atoms with E-state index in [1.54, 1.807) is 19.1 Å². The number of aromatic nitrogens is 1. The van der Waals surface area contributed by atoms with Crippen LogP contribution >= 0.6 is 0 Å². The van der Waals surface area contributed by atoms with Crippen LogP contribution in [0.4, 0.5) is 5.82 Å². The summed E-state index contributed by atoms with van der Waals surface area (Å²) in [7, 11) is -3.68. The predicted octanol–water partition coefficient (Wildman–Crippen LogP) is 2.96. The SMILES string of the molecule is Cc1cc(NS(=O)(=O)c2ccc(OCC3(C)CC3)cc2)no1. The largest absolute Gasteiger partial charge is 0.493 e. The Labute approximate surface area is 129 Å². The molecule has 1 heterocycles. The number of benzene rings is 1. The van der Waals surface area contributed by atoms with Crippen LogP contribution in [0.3, 0.4) is 0 Å². The maximum atomic E-state index is 12.2. The second kappa shape index (κ2) is 5.31. The van der Waals surface area contributed by atoms with Crippen LogP contribution in [0.15, 0.2) is 39.8 Å². The van der Waals surface area contributed by atoms with Gasteiger partial charge in [0.25, 0.3) is 10.0 Å². The lowest BCUT2D eigenvalue weighted by Gasteiger charge is -2.11. The Bertz CT molecular complexity index is 761. The molecule has 7 heteroatoms. The minimum Gasteiger partial charge on any atom is -0.493 e. The smallest absolute Gasteiger partial charge is 0.263 e. The molecule has 0 amide bonds. The third-order valence-corrected chi connectivity index (χ3v) is 5.06. The minimum absolute atomic E-state index is 0.151. The molecule has 1 saturated carbocycles. The molecule has 1 aromatic heterocycles. The molecule has 1 aromatic carbocycles. The topological polar surface area (TPSA) is 81.4 Å². The molecule has 3 rings (SSSR count). The molecule has 0 unspecified atom stereocenters. The Hall–Kier alpha value is -2.02. The Balaban J connectivity index is 1.68. The molecule has 0 atom stereocenters. The van der Waals surface area contributed by atoms with Crippen molar-refractivity contribution in [3.8, 4) is 5.75 Å². The lowest BCUT2D eigenvalue weighted by atomic mass is 10.2. The van der Waals surface area contributed by atoms with E-state index in [2.05, 4.69) is 16.8 Å². The minimum atomic E-state index is -3.68. The summed E-state index contributed by atoms with van der Waals surface area (Å²) in [5.41, 5.74) is 0.289. The van der Waals surface area contributed by atoms with Crippen molar-refractivity contribution in [3.05, 3.63) is 36.1 Å². The zero-order chi connectivity index (χ0) is 15.8. The Kier molecular flexibility index (Phi) is 3.60.